The fraction of sp³-hybridized carbons (Fsp3) is 0.688. The Balaban J connectivity index is 2.05. The van der Waals surface area contributed by atoms with E-state index in [9.17, 15) is 0 Å². The van der Waals surface area contributed by atoms with Crippen molar-refractivity contribution in [2.24, 2.45) is 13.0 Å². The Morgan fingerprint density at radius 1 is 1.48 bits per heavy atom. The van der Waals surface area contributed by atoms with Gasteiger partial charge in [-0.2, -0.15) is 5.26 Å². The third-order valence-electron chi connectivity index (χ3n) is 4.19. The topological polar surface area (TPSA) is 44.4 Å². The predicted octanol–water partition coefficient (Wildman–Crippen LogP) is 1.22. The monoisotopic (exact) mass is 290 g/mol. The van der Waals surface area contributed by atoms with Gasteiger partial charge in [-0.1, -0.05) is 0 Å². The van der Waals surface area contributed by atoms with Gasteiger partial charge in [0.05, 0.1) is 13.2 Å². The van der Waals surface area contributed by atoms with Gasteiger partial charge >= 0.3 is 0 Å². The summed E-state index contributed by atoms with van der Waals surface area (Å²) in [5.41, 5.74) is 3.17. The Hall–Kier alpha value is -1.35. The number of nitriles is 1. The molecule has 2 heterocycles. The first-order chi connectivity index (χ1) is 10.0. The van der Waals surface area contributed by atoms with Crippen molar-refractivity contribution in [3.05, 3.63) is 23.0 Å². The van der Waals surface area contributed by atoms with Gasteiger partial charge in [-0.15, -0.1) is 0 Å². The molecule has 0 amide bonds. The van der Waals surface area contributed by atoms with Gasteiger partial charge in [0.1, 0.15) is 11.8 Å². The van der Waals surface area contributed by atoms with Crippen molar-refractivity contribution in [1.29, 1.82) is 5.26 Å². The van der Waals surface area contributed by atoms with Crippen LogP contribution in [0.1, 0.15) is 17.0 Å². The van der Waals surface area contributed by atoms with Crippen LogP contribution in [0.15, 0.2) is 6.07 Å². The molecular weight excluding hydrogens is 264 g/mol. The fourth-order valence-electron chi connectivity index (χ4n) is 2.99. The number of ether oxygens (including phenoxy) is 1. The minimum atomic E-state index is 0.543. The lowest BCUT2D eigenvalue weighted by Gasteiger charge is -2.25. The lowest BCUT2D eigenvalue weighted by Crippen LogP contribution is -2.34. The van der Waals surface area contributed by atoms with Crippen LogP contribution in [0.3, 0.4) is 0 Å². The molecule has 1 atom stereocenters. The average Bonchev–Trinajstić information content (AvgIpc) is 2.61. The van der Waals surface area contributed by atoms with E-state index < -0.39 is 0 Å². The zero-order valence-corrected chi connectivity index (χ0v) is 13.6. The molecule has 1 saturated heterocycles. The number of aromatic nitrogens is 1. The summed E-state index contributed by atoms with van der Waals surface area (Å²) in [6.07, 6.45) is 0. The van der Waals surface area contributed by atoms with Gasteiger partial charge in [0, 0.05) is 44.8 Å². The van der Waals surface area contributed by atoms with Gasteiger partial charge in [-0.05, 0) is 32.6 Å². The quantitative estimate of drug-likeness (QED) is 0.836. The second kappa shape index (κ2) is 7.08. The molecule has 1 aromatic heterocycles. The summed E-state index contributed by atoms with van der Waals surface area (Å²) >= 11 is 0. The normalized spacial score (nSPS) is 20.5. The van der Waals surface area contributed by atoms with Crippen LogP contribution in [0.5, 0.6) is 0 Å². The number of rotatable bonds is 4. The molecule has 0 spiro atoms. The average molecular weight is 290 g/mol. The highest BCUT2D eigenvalue weighted by atomic mass is 16.5. The molecule has 2 rings (SSSR count). The van der Waals surface area contributed by atoms with Crippen molar-refractivity contribution in [2.45, 2.75) is 13.5 Å². The van der Waals surface area contributed by atoms with Crippen molar-refractivity contribution >= 4 is 0 Å². The minimum absolute atomic E-state index is 0.543. The highest BCUT2D eigenvalue weighted by Crippen LogP contribution is 2.18. The molecule has 1 aromatic rings. The standard InChI is InChI=1S/C16H26N4O/c1-13-15(7-16(8-17)19(13)4)11-20-5-6-21-12-14(10-20)9-18(2)3/h7,14H,5-6,9-12H2,1-4H3. The maximum Gasteiger partial charge on any atom is 0.120 e. The summed E-state index contributed by atoms with van der Waals surface area (Å²) in [4.78, 5) is 4.67. The largest absolute Gasteiger partial charge is 0.380 e. The second-order valence-electron chi connectivity index (χ2n) is 6.25. The molecule has 1 aliphatic rings. The Labute approximate surface area is 127 Å². The number of hydrogen-bond acceptors (Lipinski definition) is 4. The van der Waals surface area contributed by atoms with Gasteiger partial charge in [-0.3, -0.25) is 4.90 Å². The molecule has 0 aromatic carbocycles. The zero-order valence-electron chi connectivity index (χ0n) is 13.6. The van der Waals surface area contributed by atoms with E-state index >= 15 is 0 Å². The molecule has 5 heteroatoms. The smallest absolute Gasteiger partial charge is 0.120 e. The Morgan fingerprint density at radius 3 is 2.86 bits per heavy atom. The van der Waals surface area contributed by atoms with Gasteiger partial charge in [0.25, 0.3) is 0 Å². The maximum absolute atomic E-state index is 9.14. The summed E-state index contributed by atoms with van der Waals surface area (Å²) in [6, 6.07) is 4.27. The zero-order chi connectivity index (χ0) is 15.4. The van der Waals surface area contributed by atoms with Crippen LogP contribution in [0, 0.1) is 24.2 Å². The van der Waals surface area contributed by atoms with E-state index in [2.05, 4.69) is 36.9 Å². The lowest BCUT2D eigenvalue weighted by molar-refractivity contribution is 0.112. The van der Waals surface area contributed by atoms with E-state index in [1.54, 1.807) is 0 Å². The fourth-order valence-corrected chi connectivity index (χ4v) is 2.99. The summed E-state index contributed by atoms with van der Waals surface area (Å²) in [5.74, 6) is 0.543. The van der Waals surface area contributed by atoms with Crippen LogP contribution in [0.4, 0.5) is 0 Å². The van der Waals surface area contributed by atoms with Gasteiger partial charge in [-0.25, -0.2) is 0 Å². The molecule has 0 N–H and O–H groups in total. The van der Waals surface area contributed by atoms with E-state index in [0.717, 1.165) is 45.1 Å². The summed E-state index contributed by atoms with van der Waals surface area (Å²) < 4.78 is 7.70. The molecule has 0 radical (unpaired) electrons. The molecular formula is C16H26N4O. The third-order valence-corrected chi connectivity index (χ3v) is 4.19. The van der Waals surface area contributed by atoms with Gasteiger partial charge < -0.3 is 14.2 Å². The van der Waals surface area contributed by atoms with Crippen molar-refractivity contribution in [3.8, 4) is 6.07 Å². The molecule has 1 aliphatic heterocycles. The Morgan fingerprint density at radius 2 is 2.24 bits per heavy atom. The molecule has 21 heavy (non-hydrogen) atoms. The van der Waals surface area contributed by atoms with E-state index in [1.807, 2.05) is 17.7 Å². The Bertz CT molecular complexity index is 515. The number of hydrogen-bond donors (Lipinski definition) is 0. The maximum atomic E-state index is 9.14. The van der Waals surface area contributed by atoms with Crippen LogP contribution in [0.2, 0.25) is 0 Å². The summed E-state index contributed by atoms with van der Waals surface area (Å²) in [7, 11) is 6.17. The molecule has 1 fully saturated rings. The number of nitrogens with zero attached hydrogens (tertiary/aromatic N) is 4. The molecule has 116 valence electrons. The van der Waals surface area contributed by atoms with Gasteiger partial charge in [0.2, 0.25) is 0 Å². The van der Waals surface area contributed by atoms with Crippen LogP contribution < -0.4 is 0 Å². The highest BCUT2D eigenvalue weighted by Gasteiger charge is 2.20. The van der Waals surface area contributed by atoms with E-state index in [-0.39, 0.29) is 0 Å². The minimum Gasteiger partial charge on any atom is -0.380 e. The summed E-state index contributed by atoms with van der Waals surface area (Å²) in [6.45, 7) is 7.67. The van der Waals surface area contributed by atoms with Crippen LogP contribution in [-0.4, -0.2) is 61.3 Å². The van der Waals surface area contributed by atoms with Crippen LogP contribution >= 0.6 is 0 Å². The van der Waals surface area contributed by atoms with E-state index in [0.29, 0.717) is 5.92 Å². The second-order valence-corrected chi connectivity index (χ2v) is 6.25. The highest BCUT2D eigenvalue weighted by molar-refractivity contribution is 5.34. The van der Waals surface area contributed by atoms with Gasteiger partial charge in [0.15, 0.2) is 0 Å². The van der Waals surface area contributed by atoms with Crippen molar-refractivity contribution < 1.29 is 4.74 Å². The van der Waals surface area contributed by atoms with Crippen molar-refractivity contribution in [3.63, 3.8) is 0 Å². The molecule has 0 saturated carbocycles. The molecule has 5 nitrogen and oxygen atoms in total. The first-order valence-corrected chi connectivity index (χ1v) is 7.51. The molecule has 0 aliphatic carbocycles. The van der Waals surface area contributed by atoms with E-state index in [1.165, 1.54) is 11.3 Å². The molecule has 1 unspecified atom stereocenters. The lowest BCUT2D eigenvalue weighted by atomic mass is 10.1. The third kappa shape index (κ3) is 4.07. The first kappa shape index (κ1) is 16.0. The predicted molar refractivity (Wildman–Crippen MR) is 83.0 cm³/mol. The van der Waals surface area contributed by atoms with Crippen molar-refractivity contribution in [1.82, 2.24) is 14.4 Å². The summed E-state index contributed by atoms with van der Waals surface area (Å²) in [5, 5.41) is 9.14. The van der Waals surface area contributed by atoms with Crippen LogP contribution in [-0.2, 0) is 18.3 Å². The SMILES string of the molecule is Cc1c(CN2CCOCC(CN(C)C)C2)cc(C#N)n1C. The van der Waals surface area contributed by atoms with Crippen molar-refractivity contribution in [2.75, 3.05) is 46.9 Å². The van der Waals surface area contributed by atoms with E-state index in [4.69, 9.17) is 10.00 Å². The Kier molecular flexibility index (Phi) is 5.40. The molecule has 0 bridgehead atoms. The first-order valence-electron chi connectivity index (χ1n) is 7.51. The van der Waals surface area contributed by atoms with Crippen LogP contribution in [0.25, 0.3) is 0 Å².